The van der Waals surface area contributed by atoms with E-state index in [1.807, 2.05) is 4.90 Å². The van der Waals surface area contributed by atoms with Crippen molar-refractivity contribution in [1.29, 1.82) is 0 Å². The average Bonchev–Trinajstić information content (AvgIpc) is 2.71. The van der Waals surface area contributed by atoms with E-state index in [4.69, 9.17) is 10.5 Å². The van der Waals surface area contributed by atoms with Gasteiger partial charge in [-0.05, 0) is 31.7 Å². The van der Waals surface area contributed by atoms with E-state index in [0.29, 0.717) is 36.7 Å². The highest BCUT2D eigenvalue weighted by Gasteiger charge is 2.34. The predicted molar refractivity (Wildman–Crippen MR) is 81.1 cm³/mol. The summed E-state index contributed by atoms with van der Waals surface area (Å²) < 4.78 is 5.08. The number of carbonyl (C=O) groups is 2. The first-order chi connectivity index (χ1) is 10.1. The van der Waals surface area contributed by atoms with Crippen LogP contribution in [0.2, 0.25) is 0 Å². The van der Waals surface area contributed by atoms with Crippen molar-refractivity contribution in [2.45, 2.75) is 39.2 Å². The molecule has 0 bridgehead atoms. The zero-order valence-corrected chi connectivity index (χ0v) is 13.0. The smallest absolute Gasteiger partial charge is 0.341 e. The van der Waals surface area contributed by atoms with Crippen LogP contribution in [0.25, 0.3) is 0 Å². The number of carbonyl (C=O) groups excluding carboxylic acids is 2. The summed E-state index contributed by atoms with van der Waals surface area (Å²) in [5, 5.41) is 0.511. The predicted octanol–water partition coefficient (Wildman–Crippen LogP) is 2.19. The molecule has 0 spiro atoms. The maximum absolute atomic E-state index is 12.3. The molecule has 21 heavy (non-hydrogen) atoms. The third-order valence-corrected chi connectivity index (χ3v) is 5.38. The summed E-state index contributed by atoms with van der Waals surface area (Å²) in [6, 6.07) is 0. The van der Waals surface area contributed by atoms with Crippen LogP contribution in [0, 0.1) is 5.92 Å². The fourth-order valence-corrected chi connectivity index (χ4v) is 4.08. The lowest BCUT2D eigenvalue weighted by molar-refractivity contribution is -0.139. The Morgan fingerprint density at radius 1 is 1.43 bits per heavy atom. The van der Waals surface area contributed by atoms with Crippen LogP contribution in [0.4, 0.5) is 5.00 Å². The van der Waals surface area contributed by atoms with Gasteiger partial charge in [-0.15, -0.1) is 11.3 Å². The van der Waals surface area contributed by atoms with E-state index in [-0.39, 0.29) is 17.8 Å². The van der Waals surface area contributed by atoms with Gasteiger partial charge in [0.15, 0.2) is 0 Å². The zero-order valence-electron chi connectivity index (χ0n) is 12.2. The number of hydrogen-bond acceptors (Lipinski definition) is 5. The van der Waals surface area contributed by atoms with Gasteiger partial charge in [-0.1, -0.05) is 6.42 Å². The molecule has 0 saturated heterocycles. The normalized spacial score (nSPS) is 18.0. The molecule has 5 nitrogen and oxygen atoms in total. The molecule has 114 valence electrons. The molecule has 0 aromatic carbocycles. The summed E-state index contributed by atoms with van der Waals surface area (Å²) in [7, 11) is 0. The van der Waals surface area contributed by atoms with E-state index in [9.17, 15) is 9.59 Å². The highest BCUT2D eigenvalue weighted by molar-refractivity contribution is 7.16. The molecule has 1 aliphatic carbocycles. The summed E-state index contributed by atoms with van der Waals surface area (Å²) in [5.74, 6) is 0.135. The van der Waals surface area contributed by atoms with E-state index >= 15 is 0 Å². The molecule has 2 N–H and O–H groups in total. The van der Waals surface area contributed by atoms with Crippen LogP contribution < -0.4 is 5.73 Å². The van der Waals surface area contributed by atoms with Crippen LogP contribution in [-0.4, -0.2) is 29.9 Å². The van der Waals surface area contributed by atoms with Gasteiger partial charge >= 0.3 is 5.97 Å². The number of esters is 1. The van der Waals surface area contributed by atoms with Gasteiger partial charge in [0, 0.05) is 17.3 Å². The average molecular weight is 308 g/mol. The Morgan fingerprint density at radius 3 is 2.81 bits per heavy atom. The maximum atomic E-state index is 12.3. The maximum Gasteiger partial charge on any atom is 0.341 e. The van der Waals surface area contributed by atoms with Crippen molar-refractivity contribution in [3.8, 4) is 0 Å². The molecule has 1 saturated carbocycles. The van der Waals surface area contributed by atoms with Crippen molar-refractivity contribution < 1.29 is 14.3 Å². The Labute approximate surface area is 128 Å². The van der Waals surface area contributed by atoms with E-state index in [1.165, 1.54) is 11.3 Å². The molecule has 0 atom stereocenters. The quantitative estimate of drug-likeness (QED) is 0.869. The summed E-state index contributed by atoms with van der Waals surface area (Å²) in [4.78, 5) is 27.3. The highest BCUT2D eigenvalue weighted by atomic mass is 32.1. The molecule has 0 unspecified atom stereocenters. The number of thiophene rings is 1. The van der Waals surface area contributed by atoms with Gasteiger partial charge in [0.05, 0.1) is 18.7 Å². The lowest BCUT2D eigenvalue weighted by atomic mass is 9.84. The van der Waals surface area contributed by atoms with Crippen molar-refractivity contribution >= 4 is 28.2 Å². The fraction of sp³-hybridized carbons (Fsp3) is 0.600. The number of fused-ring (bicyclic) bond motifs is 1. The number of nitrogen functional groups attached to an aromatic ring is 1. The SMILES string of the molecule is CCOC(=O)c1c(N)sc2c1CCN(C(=O)C1CCC1)C2. The van der Waals surface area contributed by atoms with Gasteiger partial charge in [0.25, 0.3) is 0 Å². The van der Waals surface area contributed by atoms with Gasteiger partial charge in [-0.25, -0.2) is 4.79 Å². The molecule has 6 heteroatoms. The lowest BCUT2D eigenvalue weighted by Gasteiger charge is -2.34. The molecule has 1 aromatic heterocycles. The van der Waals surface area contributed by atoms with Gasteiger partial charge in [0.1, 0.15) is 5.00 Å². The van der Waals surface area contributed by atoms with Crippen molar-refractivity contribution in [1.82, 2.24) is 4.90 Å². The summed E-state index contributed by atoms with van der Waals surface area (Å²) in [6.45, 7) is 3.38. The molecule has 2 aliphatic rings. The number of rotatable bonds is 3. The molecule has 1 aliphatic heterocycles. The van der Waals surface area contributed by atoms with Crippen LogP contribution >= 0.6 is 11.3 Å². The number of nitrogens with zero attached hydrogens (tertiary/aromatic N) is 1. The first-order valence-electron chi connectivity index (χ1n) is 7.47. The topological polar surface area (TPSA) is 72.6 Å². The molecule has 0 radical (unpaired) electrons. The molecule has 1 amide bonds. The second-order valence-electron chi connectivity index (χ2n) is 5.60. The second-order valence-corrected chi connectivity index (χ2v) is 6.74. The summed E-state index contributed by atoms with van der Waals surface area (Å²) in [6.07, 6.45) is 3.88. The van der Waals surface area contributed by atoms with E-state index < -0.39 is 0 Å². The van der Waals surface area contributed by atoms with E-state index in [1.54, 1.807) is 6.92 Å². The summed E-state index contributed by atoms with van der Waals surface area (Å²) >= 11 is 1.41. The first-order valence-corrected chi connectivity index (χ1v) is 8.29. The van der Waals surface area contributed by atoms with Crippen LogP contribution in [-0.2, 0) is 22.5 Å². The molecular weight excluding hydrogens is 288 g/mol. The van der Waals surface area contributed by atoms with Gasteiger partial charge in [-0.2, -0.15) is 0 Å². The van der Waals surface area contributed by atoms with Crippen LogP contribution in [0.5, 0.6) is 0 Å². The Balaban J connectivity index is 1.79. The number of hydrogen-bond donors (Lipinski definition) is 1. The zero-order chi connectivity index (χ0) is 15.0. The minimum Gasteiger partial charge on any atom is -0.462 e. The third kappa shape index (κ3) is 2.52. The Kier molecular flexibility index (Phi) is 3.89. The van der Waals surface area contributed by atoms with Gasteiger partial charge < -0.3 is 15.4 Å². The van der Waals surface area contributed by atoms with Crippen molar-refractivity contribution in [2.24, 2.45) is 5.92 Å². The number of amides is 1. The number of anilines is 1. The largest absolute Gasteiger partial charge is 0.462 e. The minimum absolute atomic E-state index is 0.216. The van der Waals surface area contributed by atoms with Crippen LogP contribution in [0.15, 0.2) is 0 Å². The second kappa shape index (κ2) is 5.67. The van der Waals surface area contributed by atoms with Crippen molar-refractivity contribution in [2.75, 3.05) is 18.9 Å². The van der Waals surface area contributed by atoms with Crippen LogP contribution in [0.1, 0.15) is 47.0 Å². The molecule has 1 aromatic rings. The Hall–Kier alpha value is -1.56. The summed E-state index contributed by atoms with van der Waals surface area (Å²) in [5.41, 5.74) is 7.49. The first kappa shape index (κ1) is 14.4. The van der Waals surface area contributed by atoms with E-state index in [0.717, 1.165) is 29.7 Å². The van der Waals surface area contributed by atoms with Gasteiger partial charge in [-0.3, -0.25) is 4.79 Å². The third-order valence-electron chi connectivity index (χ3n) is 4.33. The number of nitrogens with two attached hydrogens (primary N) is 1. The van der Waals surface area contributed by atoms with Crippen molar-refractivity contribution in [3.63, 3.8) is 0 Å². The van der Waals surface area contributed by atoms with Crippen molar-refractivity contribution in [3.05, 3.63) is 16.0 Å². The highest BCUT2D eigenvalue weighted by Crippen LogP contribution is 2.37. The fourth-order valence-electron chi connectivity index (χ4n) is 2.95. The number of ether oxygens (including phenoxy) is 1. The molecule has 3 rings (SSSR count). The van der Waals surface area contributed by atoms with Crippen LogP contribution in [0.3, 0.4) is 0 Å². The monoisotopic (exact) mass is 308 g/mol. The standard InChI is InChI=1S/C15H20N2O3S/c1-2-20-15(19)12-10-6-7-17(8-11(10)21-13(12)16)14(18)9-4-3-5-9/h9H,2-8,16H2,1H3. The minimum atomic E-state index is -0.341. The molecule has 1 fully saturated rings. The molecule has 2 heterocycles. The Morgan fingerprint density at radius 2 is 2.19 bits per heavy atom. The van der Waals surface area contributed by atoms with Gasteiger partial charge in [0.2, 0.25) is 5.91 Å². The van der Waals surface area contributed by atoms with E-state index in [2.05, 4.69) is 0 Å². The lowest BCUT2D eigenvalue weighted by Crippen LogP contribution is -2.41. The molecular formula is C15H20N2O3S. The Bertz CT molecular complexity index is 578.